The lowest BCUT2D eigenvalue weighted by Gasteiger charge is -2.02. The van der Waals surface area contributed by atoms with Crippen LogP contribution in [0.3, 0.4) is 0 Å². The first-order chi connectivity index (χ1) is 7.24. The summed E-state index contributed by atoms with van der Waals surface area (Å²) in [5.41, 5.74) is 0. The van der Waals surface area contributed by atoms with Crippen LogP contribution in [0.25, 0.3) is 0 Å². The Hall–Kier alpha value is -1.48. The summed E-state index contributed by atoms with van der Waals surface area (Å²) in [4.78, 5) is 15.0. The molecule has 0 amide bonds. The molecule has 0 bridgehead atoms. The van der Waals surface area contributed by atoms with Gasteiger partial charge in [-0.1, -0.05) is 17.8 Å². The van der Waals surface area contributed by atoms with Crippen LogP contribution in [0.2, 0.25) is 0 Å². The minimum absolute atomic E-state index is 0.137. The highest BCUT2D eigenvalue weighted by atomic mass is 32.2. The number of aliphatic imine (C=N–C) groups is 1. The quantitative estimate of drug-likeness (QED) is 0.188. The van der Waals surface area contributed by atoms with Crippen molar-refractivity contribution in [2.24, 2.45) is 4.99 Å². The van der Waals surface area contributed by atoms with Gasteiger partial charge in [0.15, 0.2) is 11.4 Å². The number of rotatable bonds is 5. The molecule has 0 aliphatic carbocycles. The number of nitrogens with zero attached hydrogens (tertiary/aromatic N) is 2. The molecule has 0 fully saturated rings. The number of carbonyl (C=O) groups excluding carboxylic acids is 1. The van der Waals surface area contributed by atoms with Gasteiger partial charge in [0.25, 0.3) is 0 Å². The molecular weight excluding hydrogens is 214 g/mol. The Morgan fingerprint density at radius 2 is 2.53 bits per heavy atom. The van der Waals surface area contributed by atoms with E-state index in [1.807, 2.05) is 0 Å². The number of amidine groups is 1. The zero-order valence-corrected chi connectivity index (χ0v) is 9.34. The molecule has 0 heterocycles. The molecule has 0 aromatic carbocycles. The molecule has 0 unspecified atom stereocenters. The van der Waals surface area contributed by atoms with Gasteiger partial charge in [0.05, 0.1) is 18.9 Å². The highest BCUT2D eigenvalue weighted by molar-refractivity contribution is 8.14. The fourth-order valence-electron chi connectivity index (χ4n) is 0.646. The lowest BCUT2D eigenvalue weighted by Crippen LogP contribution is -2.17. The molecule has 0 radical (unpaired) electrons. The van der Waals surface area contributed by atoms with E-state index in [0.29, 0.717) is 18.3 Å². The summed E-state index contributed by atoms with van der Waals surface area (Å²) in [5, 5.41) is 11.2. The number of thioether (sulfide) groups is 1. The SMILES string of the molecule is C=CCN=C(NC#N)SCC(=O)OCC. The maximum absolute atomic E-state index is 11.0. The Morgan fingerprint density at radius 1 is 1.80 bits per heavy atom. The van der Waals surface area contributed by atoms with Gasteiger partial charge in [-0.2, -0.15) is 5.26 Å². The van der Waals surface area contributed by atoms with Crippen LogP contribution >= 0.6 is 11.8 Å². The second-order valence-corrected chi connectivity index (χ2v) is 3.23. The Kier molecular flexibility index (Phi) is 8.19. The molecule has 0 spiro atoms. The molecule has 82 valence electrons. The zero-order valence-electron chi connectivity index (χ0n) is 8.52. The van der Waals surface area contributed by atoms with E-state index in [1.165, 1.54) is 0 Å². The van der Waals surface area contributed by atoms with Crippen LogP contribution in [0.1, 0.15) is 6.92 Å². The smallest absolute Gasteiger partial charge is 0.316 e. The normalized spacial score (nSPS) is 10.3. The molecule has 0 aliphatic heterocycles. The minimum Gasteiger partial charge on any atom is -0.465 e. The first kappa shape index (κ1) is 13.5. The van der Waals surface area contributed by atoms with E-state index in [4.69, 9.17) is 10.00 Å². The fourth-order valence-corrected chi connectivity index (χ4v) is 1.27. The largest absolute Gasteiger partial charge is 0.465 e. The predicted octanol–water partition coefficient (Wildman–Crippen LogP) is 0.895. The Bertz CT molecular complexity index is 284. The van der Waals surface area contributed by atoms with Crippen molar-refractivity contribution in [3.05, 3.63) is 12.7 Å². The molecule has 0 aromatic rings. The second kappa shape index (κ2) is 9.09. The Balaban J connectivity index is 4.01. The summed E-state index contributed by atoms with van der Waals surface area (Å²) in [6, 6.07) is 0. The van der Waals surface area contributed by atoms with Crippen LogP contribution in [0.4, 0.5) is 0 Å². The average Bonchev–Trinajstić information content (AvgIpc) is 2.22. The standard InChI is InChI=1S/C9H13N3O2S/c1-3-5-11-9(12-7-10)15-6-8(13)14-4-2/h3H,1,4-6H2,2H3,(H,11,12). The molecule has 0 saturated carbocycles. The Morgan fingerprint density at radius 3 is 3.07 bits per heavy atom. The first-order valence-electron chi connectivity index (χ1n) is 4.33. The maximum Gasteiger partial charge on any atom is 0.316 e. The molecule has 0 atom stereocenters. The van der Waals surface area contributed by atoms with Crippen molar-refractivity contribution in [1.29, 1.82) is 5.26 Å². The van der Waals surface area contributed by atoms with Gasteiger partial charge < -0.3 is 4.74 Å². The van der Waals surface area contributed by atoms with Crippen LogP contribution in [0, 0.1) is 11.5 Å². The average molecular weight is 227 g/mol. The molecule has 6 heteroatoms. The van der Waals surface area contributed by atoms with Gasteiger partial charge >= 0.3 is 5.97 Å². The van der Waals surface area contributed by atoms with Crippen LogP contribution < -0.4 is 5.32 Å². The van der Waals surface area contributed by atoms with Crippen molar-refractivity contribution in [2.75, 3.05) is 18.9 Å². The van der Waals surface area contributed by atoms with Crippen molar-refractivity contribution < 1.29 is 9.53 Å². The van der Waals surface area contributed by atoms with E-state index in [0.717, 1.165) is 11.8 Å². The lowest BCUT2D eigenvalue weighted by atomic mass is 10.7. The van der Waals surface area contributed by atoms with Crippen LogP contribution in [-0.2, 0) is 9.53 Å². The predicted molar refractivity (Wildman–Crippen MR) is 60.3 cm³/mol. The molecule has 15 heavy (non-hydrogen) atoms. The summed E-state index contributed by atoms with van der Waals surface area (Å²) in [6.45, 7) is 5.99. The van der Waals surface area contributed by atoms with Crippen LogP contribution in [0.5, 0.6) is 0 Å². The van der Waals surface area contributed by atoms with E-state index < -0.39 is 0 Å². The monoisotopic (exact) mass is 227 g/mol. The number of nitriles is 1. The number of hydrogen-bond donors (Lipinski definition) is 1. The lowest BCUT2D eigenvalue weighted by molar-refractivity contribution is -0.139. The number of carbonyl (C=O) groups is 1. The van der Waals surface area contributed by atoms with Crippen molar-refractivity contribution >= 4 is 22.9 Å². The van der Waals surface area contributed by atoms with Crippen molar-refractivity contribution in [3.63, 3.8) is 0 Å². The summed E-state index contributed by atoms with van der Waals surface area (Å²) in [6.07, 6.45) is 3.35. The highest BCUT2D eigenvalue weighted by Gasteiger charge is 2.05. The first-order valence-corrected chi connectivity index (χ1v) is 5.32. The molecular formula is C9H13N3O2S. The van der Waals surface area contributed by atoms with Gasteiger partial charge in [-0.25, -0.2) is 0 Å². The van der Waals surface area contributed by atoms with Crippen LogP contribution in [-0.4, -0.2) is 30.0 Å². The Labute approximate surface area is 93.2 Å². The van der Waals surface area contributed by atoms with Gasteiger partial charge in [-0.3, -0.25) is 15.1 Å². The molecule has 0 saturated heterocycles. The number of ether oxygens (including phenoxy) is 1. The third-order valence-corrected chi connectivity index (χ3v) is 2.04. The number of nitrogens with one attached hydrogen (secondary N) is 1. The van der Waals surface area contributed by atoms with Crippen molar-refractivity contribution in [3.8, 4) is 6.19 Å². The van der Waals surface area contributed by atoms with E-state index in [1.54, 1.807) is 19.2 Å². The van der Waals surface area contributed by atoms with E-state index in [-0.39, 0.29) is 11.7 Å². The third-order valence-electron chi connectivity index (χ3n) is 1.16. The maximum atomic E-state index is 11.0. The minimum atomic E-state index is -0.325. The van der Waals surface area contributed by atoms with Crippen molar-refractivity contribution in [1.82, 2.24) is 5.32 Å². The molecule has 0 rings (SSSR count). The summed E-state index contributed by atoms with van der Waals surface area (Å²) < 4.78 is 4.73. The number of esters is 1. The molecule has 1 N–H and O–H groups in total. The van der Waals surface area contributed by atoms with E-state index in [9.17, 15) is 4.79 Å². The van der Waals surface area contributed by atoms with E-state index >= 15 is 0 Å². The van der Waals surface area contributed by atoms with Gasteiger partial charge in [0.2, 0.25) is 0 Å². The zero-order chi connectivity index (χ0) is 11.5. The van der Waals surface area contributed by atoms with Gasteiger partial charge in [0.1, 0.15) is 0 Å². The second-order valence-electron chi connectivity index (χ2n) is 2.27. The number of hydrogen-bond acceptors (Lipinski definition) is 5. The molecule has 0 aromatic heterocycles. The summed E-state index contributed by atoms with van der Waals surface area (Å²) >= 11 is 1.13. The molecule has 5 nitrogen and oxygen atoms in total. The van der Waals surface area contributed by atoms with Gasteiger partial charge in [-0.05, 0) is 6.92 Å². The van der Waals surface area contributed by atoms with E-state index in [2.05, 4.69) is 16.9 Å². The topological polar surface area (TPSA) is 74.5 Å². The van der Waals surface area contributed by atoms with Gasteiger partial charge in [-0.15, -0.1) is 6.58 Å². The summed E-state index contributed by atoms with van der Waals surface area (Å²) in [5.74, 6) is -0.188. The van der Waals surface area contributed by atoms with Gasteiger partial charge in [0, 0.05) is 0 Å². The van der Waals surface area contributed by atoms with Crippen LogP contribution in [0.15, 0.2) is 17.6 Å². The third kappa shape index (κ3) is 7.58. The fraction of sp³-hybridized carbons (Fsp3) is 0.444. The van der Waals surface area contributed by atoms with Crippen molar-refractivity contribution in [2.45, 2.75) is 6.92 Å². The molecule has 0 aliphatic rings. The highest BCUT2D eigenvalue weighted by Crippen LogP contribution is 2.02. The summed E-state index contributed by atoms with van der Waals surface area (Å²) in [7, 11) is 0.